The van der Waals surface area contributed by atoms with Crippen LogP contribution in [0.3, 0.4) is 0 Å². The van der Waals surface area contributed by atoms with E-state index in [1.165, 1.54) is 0 Å². The molecule has 0 saturated heterocycles. The number of hydrogen-bond acceptors (Lipinski definition) is 4. The van der Waals surface area contributed by atoms with Crippen LogP contribution < -0.4 is 0 Å². The molecule has 0 aliphatic rings. The molecule has 0 aromatic heterocycles. The minimum Gasteiger partial charge on any atom is -1.00 e. The van der Waals surface area contributed by atoms with Crippen LogP contribution in [0.4, 0.5) is 0 Å². The van der Waals surface area contributed by atoms with Gasteiger partial charge in [-0.2, -0.15) is 16.8 Å². The van der Waals surface area contributed by atoms with E-state index in [4.69, 9.17) is 35.0 Å². The second-order valence-corrected chi connectivity index (χ2v) is 2.69. The second kappa shape index (κ2) is 49.7. The fourth-order valence-electron chi connectivity index (χ4n) is 0. The average molecular weight is 411 g/mol. The summed E-state index contributed by atoms with van der Waals surface area (Å²) in [7, 11) is -9.33. The second-order valence-electron chi connectivity index (χ2n) is 0.896. The van der Waals surface area contributed by atoms with E-state index in [0.717, 1.165) is 0 Å². The van der Waals surface area contributed by atoms with Gasteiger partial charge in [0.15, 0.2) is 0 Å². The van der Waals surface area contributed by atoms with E-state index < -0.39 is 20.8 Å². The van der Waals surface area contributed by atoms with E-state index in [-0.39, 0.29) is 101 Å². The van der Waals surface area contributed by atoms with Crippen LogP contribution >= 0.6 is 0 Å². The molecule has 0 atom stereocenters. The van der Waals surface area contributed by atoms with Gasteiger partial charge in [0.1, 0.15) is 0 Å². The summed E-state index contributed by atoms with van der Waals surface area (Å²) >= 11 is 0. The van der Waals surface area contributed by atoms with Crippen LogP contribution in [-0.4, -0.2) is 130 Å². The van der Waals surface area contributed by atoms with E-state index in [1.807, 2.05) is 0 Å². The first-order chi connectivity index (χ1) is 4.00. The first-order valence-electron chi connectivity index (χ1n) is 1.40. The van der Waals surface area contributed by atoms with Crippen LogP contribution in [0, 0.1) is 0 Å². The Hall–Kier alpha value is 0.912. The topological polar surface area (TPSA) is 433 Å². The predicted molar refractivity (Wildman–Crippen MR) is 76.8 cm³/mol. The molecule has 0 radical (unpaired) electrons. The zero-order valence-electron chi connectivity index (χ0n) is 14.2. The Labute approximate surface area is 156 Å². The first-order valence-corrected chi connectivity index (χ1v) is 4.19. The van der Waals surface area contributed by atoms with Crippen LogP contribution in [-0.2, 0) is 20.8 Å². The molecule has 0 aliphatic carbocycles. The molecule has 0 amide bonds. The molecule has 0 aromatic carbocycles. The first kappa shape index (κ1) is 121. The van der Waals surface area contributed by atoms with Gasteiger partial charge in [0, 0.05) is 0 Å². The van der Waals surface area contributed by atoms with Crippen molar-refractivity contribution in [3.63, 3.8) is 0 Å². The van der Waals surface area contributed by atoms with Gasteiger partial charge in [-0.05, 0) is 0 Å². The predicted octanol–water partition coefficient (Wildman–Crippen LogP) is -9.04. The van der Waals surface area contributed by atoms with Crippen molar-refractivity contribution in [2.75, 3.05) is 0 Å². The van der Waals surface area contributed by atoms with E-state index in [1.54, 1.807) is 0 Å². The molecule has 0 aliphatic heterocycles. The van der Waals surface area contributed by atoms with E-state index in [0.29, 0.717) is 0 Å². The molecule has 0 heterocycles. The Morgan fingerprint density at radius 2 is 0.429 bits per heavy atom. The van der Waals surface area contributed by atoms with Crippen LogP contribution in [0.2, 0.25) is 0 Å². The summed E-state index contributed by atoms with van der Waals surface area (Å²) in [6, 6.07) is 0. The number of hydrogen-bond donors (Lipinski definition) is 4. The van der Waals surface area contributed by atoms with Crippen LogP contribution in [0.5, 0.6) is 0 Å². The van der Waals surface area contributed by atoms with Gasteiger partial charge in [0.25, 0.3) is 0 Å². The maximum atomic E-state index is 8.74. The van der Waals surface area contributed by atoms with Crippen LogP contribution in [0.25, 0.3) is 0 Å². The van der Waals surface area contributed by atoms with Crippen LogP contribution in [0.15, 0.2) is 0 Å². The molecule has 0 saturated carbocycles. The molecule has 0 fully saturated rings. The fourth-order valence-corrected chi connectivity index (χ4v) is 0. The van der Waals surface area contributed by atoms with Gasteiger partial charge >= 0.3 is 66.9 Å². The molecular weight excluding hydrogens is 385 g/mol. The molecule has 0 rings (SSSR count). The largest absolute Gasteiger partial charge is 2.00 e. The van der Waals surface area contributed by atoms with Gasteiger partial charge in [-0.15, -0.1) is 0 Å². The maximum absolute atomic E-state index is 8.74. The Kier molecular flexibility index (Phi) is 286. The molecule has 144 valence electrons. The smallest absolute Gasteiger partial charge is 1.00 e. The van der Waals surface area contributed by atoms with Gasteiger partial charge in [0.2, 0.25) is 0 Å². The van der Waals surface area contributed by atoms with Crippen LogP contribution in [0.1, 0.15) is 5.71 Å². The SMILES string of the molecule is O.O.O.O.O.O.O.O.O.O=S(=O)(O)O.O=S(=O)(O)O.[H-].[H-].[H-].[H-].[Mg+2].[Mg+2]. The van der Waals surface area contributed by atoms with Gasteiger partial charge < -0.3 is 55.0 Å². The third kappa shape index (κ3) is 8980. The van der Waals surface area contributed by atoms with Crippen molar-refractivity contribution in [3.8, 4) is 0 Å². The average Bonchev–Trinajstić information content (AvgIpc) is 1.12. The quantitative estimate of drug-likeness (QED) is 0.218. The minimum atomic E-state index is -4.67. The van der Waals surface area contributed by atoms with Crippen molar-refractivity contribution in [1.82, 2.24) is 0 Å². The normalized spacial score (nSPS) is 5.52. The Balaban J connectivity index is -0.00000000213. The van der Waals surface area contributed by atoms with Gasteiger partial charge in [-0.3, -0.25) is 18.2 Å². The fraction of sp³-hybridized carbons (Fsp3) is 0. The van der Waals surface area contributed by atoms with Crippen molar-refractivity contribution >= 4 is 66.9 Å². The molecule has 0 spiro atoms. The van der Waals surface area contributed by atoms with Crippen molar-refractivity contribution in [2.24, 2.45) is 0 Å². The number of rotatable bonds is 0. The standard InChI is InChI=1S/2Mg.2H2O4S.9H2O.4H/c;;2*1-5(2,3)4;;;;;;;;;;;;;/h;;2*(H2,1,2,3,4);9*1H2;;;;/q2*+2;;;;;;;;;;;;4*-1. The summed E-state index contributed by atoms with van der Waals surface area (Å²) in [5, 5.41) is 0. The van der Waals surface area contributed by atoms with Gasteiger partial charge in [0.05, 0.1) is 0 Å². The van der Waals surface area contributed by atoms with Gasteiger partial charge in [-0.1, -0.05) is 0 Å². The Bertz CT molecular complexity index is 231. The summed E-state index contributed by atoms with van der Waals surface area (Å²) in [6.07, 6.45) is 0. The summed E-state index contributed by atoms with van der Waals surface area (Å²) in [6.45, 7) is 0. The molecule has 0 unspecified atom stereocenters. The zero-order chi connectivity index (χ0) is 9.00. The minimum absolute atomic E-state index is 0. The Morgan fingerprint density at radius 3 is 0.429 bits per heavy atom. The van der Waals surface area contributed by atoms with E-state index in [2.05, 4.69) is 0 Å². The maximum Gasteiger partial charge on any atom is 2.00 e. The Morgan fingerprint density at radius 1 is 0.429 bits per heavy atom. The third-order valence-corrected chi connectivity index (χ3v) is 0. The van der Waals surface area contributed by atoms with E-state index >= 15 is 0 Å². The van der Waals surface area contributed by atoms with Crippen molar-refractivity contribution < 1.29 is 90.0 Å². The molecule has 21 heavy (non-hydrogen) atoms. The molecular formula is H26Mg2O17S2. The van der Waals surface area contributed by atoms with Crippen molar-refractivity contribution in [3.05, 3.63) is 0 Å². The van der Waals surface area contributed by atoms with Crippen molar-refractivity contribution in [1.29, 1.82) is 0 Å². The van der Waals surface area contributed by atoms with Crippen molar-refractivity contribution in [2.45, 2.75) is 0 Å². The summed E-state index contributed by atoms with van der Waals surface area (Å²) in [5.41, 5.74) is 0. The summed E-state index contributed by atoms with van der Waals surface area (Å²) in [4.78, 5) is 0. The molecule has 0 bridgehead atoms. The molecule has 0 aromatic rings. The monoisotopic (exact) mass is 410 g/mol. The third-order valence-electron chi connectivity index (χ3n) is 0. The van der Waals surface area contributed by atoms with Gasteiger partial charge in [-0.25, -0.2) is 0 Å². The molecule has 21 heteroatoms. The summed E-state index contributed by atoms with van der Waals surface area (Å²) in [5.74, 6) is 0. The molecule has 17 nitrogen and oxygen atoms in total. The zero-order valence-corrected chi connectivity index (χ0v) is 14.6. The van der Waals surface area contributed by atoms with E-state index in [9.17, 15) is 0 Å². The summed E-state index contributed by atoms with van der Waals surface area (Å²) < 4.78 is 63.2. The molecule has 22 N–H and O–H groups in total.